The van der Waals surface area contributed by atoms with Gasteiger partial charge in [0, 0.05) is 12.0 Å². The van der Waals surface area contributed by atoms with Crippen LogP contribution < -0.4 is 0 Å². The quantitative estimate of drug-likeness (QED) is 0.513. The van der Waals surface area contributed by atoms with Crippen LogP contribution in [0.15, 0.2) is 12.2 Å². The highest BCUT2D eigenvalue weighted by Gasteiger charge is 2.11. The number of hydrogen-bond acceptors (Lipinski definition) is 5. The number of carbonyl (C=O) groups excluding carboxylic acids is 2. The molecule has 5 nitrogen and oxygen atoms in total. The van der Waals surface area contributed by atoms with E-state index in [0.29, 0.717) is 6.42 Å². The Morgan fingerprint density at radius 3 is 2.41 bits per heavy atom. The van der Waals surface area contributed by atoms with Crippen LogP contribution in [-0.2, 0) is 19.1 Å². The molecule has 98 valence electrons. The van der Waals surface area contributed by atoms with Crippen molar-refractivity contribution in [3.8, 4) is 0 Å². The second-order valence-corrected chi connectivity index (χ2v) is 3.82. The van der Waals surface area contributed by atoms with Crippen LogP contribution in [0.25, 0.3) is 0 Å². The van der Waals surface area contributed by atoms with Gasteiger partial charge in [0.1, 0.15) is 19.3 Å². The molecule has 17 heavy (non-hydrogen) atoms. The number of hydrogen-bond donors (Lipinski definition) is 1. The lowest BCUT2D eigenvalue weighted by Crippen LogP contribution is -2.25. The molecule has 0 aliphatic heterocycles. The highest BCUT2D eigenvalue weighted by molar-refractivity contribution is 5.86. The zero-order valence-corrected chi connectivity index (χ0v) is 10.4. The fourth-order valence-corrected chi connectivity index (χ4v) is 0.926. The molecular formula is C12H20O5. The molecule has 0 rings (SSSR count). The molecule has 1 N–H and O–H groups in total. The number of ether oxygens (including phenoxy) is 2. The highest BCUT2D eigenvalue weighted by atomic mass is 16.6. The molecule has 0 aliphatic rings. The van der Waals surface area contributed by atoms with E-state index in [4.69, 9.17) is 9.47 Å². The lowest BCUT2D eigenvalue weighted by molar-refractivity contribution is -0.150. The van der Waals surface area contributed by atoms with Crippen molar-refractivity contribution < 1.29 is 24.2 Å². The highest BCUT2D eigenvalue weighted by Crippen LogP contribution is 1.99. The van der Waals surface area contributed by atoms with Crippen molar-refractivity contribution in [3.05, 3.63) is 12.2 Å². The third-order valence-corrected chi connectivity index (χ3v) is 1.93. The minimum Gasteiger partial charge on any atom is -0.463 e. The van der Waals surface area contributed by atoms with E-state index in [1.54, 1.807) is 0 Å². The van der Waals surface area contributed by atoms with E-state index in [0.717, 1.165) is 12.8 Å². The van der Waals surface area contributed by atoms with Gasteiger partial charge >= 0.3 is 11.9 Å². The number of esters is 2. The van der Waals surface area contributed by atoms with Crippen molar-refractivity contribution in [2.45, 2.75) is 39.2 Å². The Morgan fingerprint density at radius 1 is 1.29 bits per heavy atom. The Balaban J connectivity index is 3.65. The first kappa shape index (κ1) is 15.6. The van der Waals surface area contributed by atoms with E-state index in [2.05, 4.69) is 6.58 Å². The van der Waals surface area contributed by atoms with Gasteiger partial charge in [0.25, 0.3) is 0 Å². The van der Waals surface area contributed by atoms with Crippen molar-refractivity contribution in [3.63, 3.8) is 0 Å². The molecule has 0 aromatic heterocycles. The van der Waals surface area contributed by atoms with Crippen molar-refractivity contribution in [1.82, 2.24) is 0 Å². The Labute approximate surface area is 101 Å². The summed E-state index contributed by atoms with van der Waals surface area (Å²) in [4.78, 5) is 22.1. The molecule has 0 radical (unpaired) electrons. The van der Waals surface area contributed by atoms with Gasteiger partial charge in [-0.2, -0.15) is 0 Å². The molecule has 0 fully saturated rings. The largest absolute Gasteiger partial charge is 0.463 e. The first-order valence-electron chi connectivity index (χ1n) is 5.63. The van der Waals surface area contributed by atoms with Gasteiger partial charge in [-0.1, -0.05) is 19.9 Å². The van der Waals surface area contributed by atoms with Crippen molar-refractivity contribution in [1.29, 1.82) is 0 Å². The molecule has 0 saturated carbocycles. The standard InChI is InChI=1S/C12H20O5/c1-4-5-6-11(14)16-7-10(13)8-17-12(15)9(2)3/h10,13H,2,4-8H2,1,3H3. The molecule has 0 aromatic rings. The summed E-state index contributed by atoms with van der Waals surface area (Å²) < 4.78 is 9.49. The molecule has 0 bridgehead atoms. The van der Waals surface area contributed by atoms with Crippen LogP contribution >= 0.6 is 0 Å². The molecule has 0 aliphatic carbocycles. The van der Waals surface area contributed by atoms with Crippen LogP contribution in [0.2, 0.25) is 0 Å². The first-order chi connectivity index (χ1) is 7.97. The summed E-state index contributed by atoms with van der Waals surface area (Å²) in [6.07, 6.45) is 1.02. The maximum Gasteiger partial charge on any atom is 0.333 e. The first-order valence-corrected chi connectivity index (χ1v) is 5.63. The van der Waals surface area contributed by atoms with E-state index in [1.165, 1.54) is 6.92 Å². The predicted molar refractivity (Wildman–Crippen MR) is 62.3 cm³/mol. The van der Waals surface area contributed by atoms with E-state index >= 15 is 0 Å². The van der Waals surface area contributed by atoms with Crippen LogP contribution in [0.5, 0.6) is 0 Å². The summed E-state index contributed by atoms with van der Waals surface area (Å²) in [5, 5.41) is 9.37. The van der Waals surface area contributed by atoms with Gasteiger partial charge < -0.3 is 14.6 Å². The number of aliphatic hydroxyl groups excluding tert-OH is 1. The number of carbonyl (C=O) groups is 2. The maximum absolute atomic E-state index is 11.1. The van der Waals surface area contributed by atoms with Gasteiger partial charge in [0.15, 0.2) is 0 Å². The average Bonchev–Trinajstić information content (AvgIpc) is 2.30. The minimum atomic E-state index is -0.996. The summed E-state index contributed by atoms with van der Waals surface area (Å²) in [6.45, 7) is 6.52. The van der Waals surface area contributed by atoms with Gasteiger partial charge in [-0.15, -0.1) is 0 Å². The molecule has 1 unspecified atom stereocenters. The molecule has 0 heterocycles. The van der Waals surface area contributed by atoms with Crippen molar-refractivity contribution in [2.75, 3.05) is 13.2 Å². The molecule has 0 amide bonds. The summed E-state index contributed by atoms with van der Waals surface area (Å²) in [7, 11) is 0. The second kappa shape index (κ2) is 8.75. The van der Waals surface area contributed by atoms with Gasteiger partial charge in [0.05, 0.1) is 0 Å². The zero-order valence-electron chi connectivity index (χ0n) is 10.4. The normalized spacial score (nSPS) is 11.7. The zero-order chi connectivity index (χ0) is 13.3. The maximum atomic E-state index is 11.1. The van der Waals surface area contributed by atoms with Crippen molar-refractivity contribution >= 4 is 11.9 Å². The van der Waals surface area contributed by atoms with Crippen LogP contribution in [0.3, 0.4) is 0 Å². The predicted octanol–water partition coefficient (Wildman–Crippen LogP) is 1.20. The molecule has 0 aromatic carbocycles. The van der Waals surface area contributed by atoms with Crippen LogP contribution in [0.4, 0.5) is 0 Å². The van der Waals surface area contributed by atoms with Gasteiger partial charge in [-0.3, -0.25) is 4.79 Å². The molecular weight excluding hydrogens is 224 g/mol. The molecule has 0 saturated heterocycles. The smallest absolute Gasteiger partial charge is 0.333 e. The lowest BCUT2D eigenvalue weighted by atomic mass is 10.2. The molecule has 1 atom stereocenters. The number of rotatable bonds is 8. The SMILES string of the molecule is C=C(C)C(=O)OCC(O)COC(=O)CCCC. The Kier molecular flexibility index (Phi) is 8.05. The van der Waals surface area contributed by atoms with E-state index in [-0.39, 0.29) is 24.8 Å². The Bertz CT molecular complexity index is 272. The van der Waals surface area contributed by atoms with Crippen LogP contribution in [-0.4, -0.2) is 36.4 Å². The molecule has 0 spiro atoms. The van der Waals surface area contributed by atoms with Gasteiger partial charge in [0.2, 0.25) is 0 Å². The van der Waals surface area contributed by atoms with E-state index < -0.39 is 12.1 Å². The average molecular weight is 244 g/mol. The summed E-state index contributed by atoms with van der Waals surface area (Å²) in [6, 6.07) is 0. The fraction of sp³-hybridized carbons (Fsp3) is 0.667. The Morgan fingerprint density at radius 2 is 1.88 bits per heavy atom. The van der Waals surface area contributed by atoms with Gasteiger partial charge in [-0.05, 0) is 13.3 Å². The summed E-state index contributed by atoms with van der Waals surface area (Å²) in [5.41, 5.74) is 0.261. The monoisotopic (exact) mass is 244 g/mol. The van der Waals surface area contributed by atoms with E-state index in [1.807, 2.05) is 6.92 Å². The third-order valence-electron chi connectivity index (χ3n) is 1.93. The fourth-order valence-electron chi connectivity index (χ4n) is 0.926. The van der Waals surface area contributed by atoms with Crippen LogP contribution in [0, 0.1) is 0 Å². The third kappa shape index (κ3) is 8.45. The topological polar surface area (TPSA) is 72.8 Å². The number of aliphatic hydroxyl groups is 1. The Hall–Kier alpha value is -1.36. The van der Waals surface area contributed by atoms with Crippen molar-refractivity contribution in [2.24, 2.45) is 0 Å². The minimum absolute atomic E-state index is 0.161. The second-order valence-electron chi connectivity index (χ2n) is 3.82. The number of unbranched alkanes of at least 4 members (excludes halogenated alkanes) is 1. The molecule has 5 heteroatoms. The van der Waals surface area contributed by atoms with E-state index in [9.17, 15) is 14.7 Å². The van der Waals surface area contributed by atoms with Crippen LogP contribution in [0.1, 0.15) is 33.1 Å². The summed E-state index contributed by atoms with van der Waals surface area (Å²) in [5.74, 6) is -0.918. The van der Waals surface area contributed by atoms with Gasteiger partial charge in [-0.25, -0.2) is 4.79 Å². The lowest BCUT2D eigenvalue weighted by Gasteiger charge is -2.11. The summed E-state index contributed by atoms with van der Waals surface area (Å²) >= 11 is 0.